The topological polar surface area (TPSA) is 39.1 Å². The number of halogens is 1. The summed E-state index contributed by atoms with van der Waals surface area (Å²) in [5.74, 6) is 0.458. The summed E-state index contributed by atoms with van der Waals surface area (Å²) >= 11 is 0. The van der Waals surface area contributed by atoms with Crippen molar-refractivity contribution in [3.05, 3.63) is 96.1 Å². The van der Waals surface area contributed by atoms with Gasteiger partial charge in [0.25, 0.3) is 0 Å². The van der Waals surface area contributed by atoms with Gasteiger partial charge in [0.2, 0.25) is 5.88 Å². The van der Waals surface area contributed by atoms with Crippen molar-refractivity contribution in [2.75, 3.05) is 13.2 Å². The Labute approximate surface area is 170 Å². The quantitative estimate of drug-likeness (QED) is 0.419. The van der Waals surface area contributed by atoms with Gasteiger partial charge in [-0.25, -0.2) is 9.37 Å². The maximum Gasteiger partial charge on any atom is 0.213 e. The molecule has 0 aliphatic carbocycles. The number of fused-ring (bicyclic) bond motifs is 1. The summed E-state index contributed by atoms with van der Waals surface area (Å²) < 4.78 is 21.0. The Morgan fingerprint density at radius 2 is 1.79 bits per heavy atom. The number of nitrogens with zero attached hydrogens (tertiary/aromatic N) is 2. The number of pyridine rings is 1. The van der Waals surface area contributed by atoms with Crippen LogP contribution in [0.15, 0.2) is 79.1 Å². The molecule has 0 unspecified atom stereocenters. The molecule has 2 aromatic carbocycles. The van der Waals surface area contributed by atoms with E-state index in [1.165, 1.54) is 28.6 Å². The van der Waals surface area contributed by atoms with Crippen LogP contribution >= 0.6 is 0 Å². The molecule has 5 heteroatoms. The van der Waals surface area contributed by atoms with Crippen molar-refractivity contribution in [3.8, 4) is 5.88 Å². The van der Waals surface area contributed by atoms with E-state index in [4.69, 9.17) is 4.74 Å². The summed E-state index contributed by atoms with van der Waals surface area (Å²) in [5.41, 5.74) is 3.53. The van der Waals surface area contributed by atoms with Crippen LogP contribution in [0, 0.1) is 5.82 Å². The van der Waals surface area contributed by atoms with Crippen LogP contribution in [0.25, 0.3) is 10.9 Å². The third-order valence-electron chi connectivity index (χ3n) is 4.84. The summed E-state index contributed by atoms with van der Waals surface area (Å²) in [4.78, 5) is 4.15. The van der Waals surface area contributed by atoms with Gasteiger partial charge in [-0.05, 0) is 48.4 Å². The molecule has 4 aromatic rings. The Morgan fingerprint density at radius 1 is 0.966 bits per heavy atom. The molecular formula is C24H24FN3O. The molecule has 0 saturated heterocycles. The molecule has 0 bridgehead atoms. The average Bonchev–Trinajstić information content (AvgIpc) is 3.10. The van der Waals surface area contributed by atoms with Gasteiger partial charge in [0, 0.05) is 42.5 Å². The fourth-order valence-electron chi connectivity index (χ4n) is 3.41. The highest BCUT2D eigenvalue weighted by Crippen LogP contribution is 2.22. The minimum absolute atomic E-state index is 0.206. The molecule has 4 nitrogen and oxygen atoms in total. The van der Waals surface area contributed by atoms with E-state index in [-0.39, 0.29) is 5.82 Å². The molecule has 4 rings (SSSR count). The summed E-state index contributed by atoms with van der Waals surface area (Å²) in [7, 11) is 0. The van der Waals surface area contributed by atoms with Crippen LogP contribution in [0.3, 0.4) is 0 Å². The van der Waals surface area contributed by atoms with Gasteiger partial charge >= 0.3 is 0 Å². The normalized spacial score (nSPS) is 11.1. The lowest BCUT2D eigenvalue weighted by atomic mass is 10.2. The van der Waals surface area contributed by atoms with Crippen molar-refractivity contribution in [1.82, 2.24) is 14.9 Å². The Bertz CT molecular complexity index is 1040. The molecule has 0 aliphatic rings. The second-order valence-electron chi connectivity index (χ2n) is 6.97. The molecule has 2 heterocycles. The van der Waals surface area contributed by atoms with E-state index in [0.717, 1.165) is 31.6 Å². The van der Waals surface area contributed by atoms with Gasteiger partial charge in [-0.3, -0.25) is 0 Å². The maximum atomic E-state index is 13.2. The zero-order chi connectivity index (χ0) is 19.9. The molecular weight excluding hydrogens is 365 g/mol. The van der Waals surface area contributed by atoms with Crippen molar-refractivity contribution in [2.45, 2.75) is 19.5 Å². The zero-order valence-electron chi connectivity index (χ0n) is 16.2. The van der Waals surface area contributed by atoms with Gasteiger partial charge < -0.3 is 14.6 Å². The Hall–Kier alpha value is -3.18. The van der Waals surface area contributed by atoms with Gasteiger partial charge in [-0.15, -0.1) is 0 Å². The first-order valence-electron chi connectivity index (χ1n) is 9.85. The smallest absolute Gasteiger partial charge is 0.213 e. The number of aromatic nitrogens is 2. The van der Waals surface area contributed by atoms with Crippen LogP contribution in [0.5, 0.6) is 5.88 Å². The molecule has 0 saturated carbocycles. The van der Waals surface area contributed by atoms with Crippen LogP contribution < -0.4 is 10.1 Å². The standard InChI is InChI=1S/C24H24FN3O/c25-21-11-9-19(10-12-21)17-28-18-20(22-6-1-2-7-23(22)28)16-26-13-5-15-29-24-8-3-4-14-27-24/h1-4,6-12,14,18,26H,5,13,15-17H2. The summed E-state index contributed by atoms with van der Waals surface area (Å²) in [5, 5.41) is 4.74. The highest BCUT2D eigenvalue weighted by Gasteiger charge is 2.08. The fraction of sp³-hybridized carbons (Fsp3) is 0.208. The van der Waals surface area contributed by atoms with Crippen molar-refractivity contribution >= 4 is 10.9 Å². The number of hydrogen-bond donors (Lipinski definition) is 1. The SMILES string of the molecule is Fc1ccc(Cn2cc(CNCCCOc3ccccn3)c3ccccc32)cc1. The van der Waals surface area contributed by atoms with E-state index in [1.807, 2.05) is 30.3 Å². The number of benzene rings is 2. The Morgan fingerprint density at radius 3 is 2.62 bits per heavy atom. The zero-order valence-corrected chi connectivity index (χ0v) is 16.2. The predicted octanol–water partition coefficient (Wildman–Crippen LogP) is 4.78. The van der Waals surface area contributed by atoms with Crippen LogP contribution in [-0.2, 0) is 13.1 Å². The van der Waals surface area contributed by atoms with E-state index >= 15 is 0 Å². The van der Waals surface area contributed by atoms with E-state index in [0.29, 0.717) is 12.5 Å². The number of nitrogens with one attached hydrogen (secondary N) is 1. The second-order valence-corrected chi connectivity index (χ2v) is 6.97. The highest BCUT2D eigenvalue weighted by molar-refractivity contribution is 5.84. The predicted molar refractivity (Wildman–Crippen MR) is 113 cm³/mol. The maximum absolute atomic E-state index is 13.2. The van der Waals surface area contributed by atoms with Crippen LogP contribution in [0.4, 0.5) is 4.39 Å². The summed E-state index contributed by atoms with van der Waals surface area (Å²) in [6.07, 6.45) is 4.82. The van der Waals surface area contributed by atoms with Crippen molar-refractivity contribution in [1.29, 1.82) is 0 Å². The third-order valence-corrected chi connectivity index (χ3v) is 4.84. The molecule has 0 fully saturated rings. The molecule has 0 atom stereocenters. The van der Waals surface area contributed by atoms with E-state index in [2.05, 4.69) is 45.3 Å². The first kappa shape index (κ1) is 19.2. The number of hydrogen-bond acceptors (Lipinski definition) is 3. The average molecular weight is 389 g/mol. The van der Waals surface area contributed by atoms with Gasteiger partial charge in [-0.2, -0.15) is 0 Å². The largest absolute Gasteiger partial charge is 0.478 e. The summed E-state index contributed by atoms with van der Waals surface area (Å²) in [6.45, 7) is 3.01. The van der Waals surface area contributed by atoms with Crippen LogP contribution in [-0.4, -0.2) is 22.7 Å². The first-order chi connectivity index (χ1) is 14.3. The minimum atomic E-state index is -0.206. The number of ether oxygens (including phenoxy) is 1. The molecule has 0 spiro atoms. The second kappa shape index (κ2) is 9.34. The monoisotopic (exact) mass is 389 g/mol. The summed E-state index contributed by atoms with van der Waals surface area (Å²) in [6, 6.07) is 20.7. The minimum Gasteiger partial charge on any atom is -0.478 e. The Balaban J connectivity index is 1.34. The fourth-order valence-corrected chi connectivity index (χ4v) is 3.41. The number of rotatable bonds is 9. The highest BCUT2D eigenvalue weighted by atomic mass is 19.1. The van der Waals surface area contributed by atoms with Gasteiger partial charge in [0.1, 0.15) is 5.82 Å². The Kier molecular flexibility index (Phi) is 6.17. The van der Waals surface area contributed by atoms with Gasteiger partial charge in [-0.1, -0.05) is 36.4 Å². The van der Waals surface area contributed by atoms with Crippen molar-refractivity contribution in [2.24, 2.45) is 0 Å². The lowest BCUT2D eigenvalue weighted by Crippen LogP contribution is -2.17. The molecule has 0 amide bonds. The van der Waals surface area contributed by atoms with Crippen LogP contribution in [0.1, 0.15) is 17.5 Å². The molecule has 1 N–H and O–H groups in total. The van der Waals surface area contributed by atoms with Gasteiger partial charge in [0.15, 0.2) is 0 Å². The van der Waals surface area contributed by atoms with Crippen molar-refractivity contribution < 1.29 is 9.13 Å². The van der Waals surface area contributed by atoms with E-state index in [1.54, 1.807) is 6.20 Å². The third kappa shape index (κ3) is 5.00. The van der Waals surface area contributed by atoms with E-state index < -0.39 is 0 Å². The molecule has 29 heavy (non-hydrogen) atoms. The van der Waals surface area contributed by atoms with E-state index in [9.17, 15) is 4.39 Å². The lowest BCUT2D eigenvalue weighted by Gasteiger charge is -2.06. The number of para-hydroxylation sites is 1. The first-order valence-corrected chi connectivity index (χ1v) is 9.85. The lowest BCUT2D eigenvalue weighted by molar-refractivity contribution is 0.296. The molecule has 148 valence electrons. The molecule has 2 aromatic heterocycles. The van der Waals surface area contributed by atoms with Crippen LogP contribution in [0.2, 0.25) is 0 Å². The molecule has 0 aliphatic heterocycles. The van der Waals surface area contributed by atoms with Crippen molar-refractivity contribution in [3.63, 3.8) is 0 Å². The van der Waals surface area contributed by atoms with Gasteiger partial charge in [0.05, 0.1) is 6.61 Å². The molecule has 0 radical (unpaired) electrons.